The van der Waals surface area contributed by atoms with Crippen LogP contribution in [0.4, 0.5) is 0 Å². The van der Waals surface area contributed by atoms with E-state index in [0.717, 1.165) is 6.92 Å². The Hall–Kier alpha value is -1.37. The van der Waals surface area contributed by atoms with Crippen LogP contribution in [0.1, 0.15) is 37.0 Å². The van der Waals surface area contributed by atoms with Gasteiger partial charge in [-0.3, -0.25) is 15.1 Å². The first kappa shape index (κ1) is 13.7. The number of nitrogens with one attached hydrogen (secondary N) is 1. The number of carbonyl (C=O) groups excluding carboxylic acids is 1. The third-order valence-electron chi connectivity index (χ3n) is 2.23. The number of rotatable bonds is 5. The fourth-order valence-electron chi connectivity index (χ4n) is 1.51. The molecule has 1 aromatic rings. The van der Waals surface area contributed by atoms with Gasteiger partial charge in [-0.1, -0.05) is 6.92 Å². The minimum atomic E-state index is -2.09. The van der Waals surface area contributed by atoms with Crippen molar-refractivity contribution in [2.75, 3.05) is 0 Å². The molecule has 0 aromatic carbocycles. The molecule has 1 atom stereocenters. The average Bonchev–Trinajstić information content (AvgIpc) is 2.25. The summed E-state index contributed by atoms with van der Waals surface area (Å²) in [5.41, 5.74) is 0.864. The molecule has 0 spiro atoms. The molecule has 94 valence electrons. The van der Waals surface area contributed by atoms with Gasteiger partial charge in [0.05, 0.1) is 11.7 Å². The number of hydrogen-bond acceptors (Lipinski definition) is 6. The molecule has 17 heavy (non-hydrogen) atoms. The van der Waals surface area contributed by atoms with Crippen LogP contribution in [0.3, 0.4) is 0 Å². The lowest BCUT2D eigenvalue weighted by Gasteiger charge is -2.22. The molecule has 1 aromatic heterocycles. The number of aromatic nitrogens is 2. The summed E-state index contributed by atoms with van der Waals surface area (Å²) in [5, 5.41) is 20.7. The molecule has 0 radical (unpaired) electrons. The maximum atomic E-state index is 12.0. The van der Waals surface area contributed by atoms with E-state index in [4.69, 9.17) is 10.2 Å². The van der Waals surface area contributed by atoms with Crippen LogP contribution in [-0.4, -0.2) is 37.9 Å². The van der Waals surface area contributed by atoms with Crippen molar-refractivity contribution < 1.29 is 15.0 Å². The summed E-state index contributed by atoms with van der Waals surface area (Å²) in [6, 6.07) is -0.753. The van der Waals surface area contributed by atoms with Crippen LogP contribution in [0.15, 0.2) is 12.4 Å². The highest BCUT2D eigenvalue weighted by molar-refractivity contribution is 5.99. The van der Waals surface area contributed by atoms with E-state index in [-0.39, 0.29) is 11.5 Å². The van der Waals surface area contributed by atoms with Gasteiger partial charge in [0, 0.05) is 19.3 Å². The molecule has 0 fully saturated rings. The lowest BCUT2D eigenvalue weighted by molar-refractivity contribution is -0.172. The number of ketones is 1. The van der Waals surface area contributed by atoms with E-state index in [0.29, 0.717) is 12.1 Å². The van der Waals surface area contributed by atoms with Gasteiger partial charge >= 0.3 is 0 Å². The zero-order valence-electron chi connectivity index (χ0n) is 10.1. The maximum Gasteiger partial charge on any atom is 0.219 e. The van der Waals surface area contributed by atoms with Gasteiger partial charge in [0.1, 0.15) is 5.69 Å². The number of aryl methyl sites for hydroxylation is 1. The first-order valence-corrected chi connectivity index (χ1v) is 5.41. The quantitative estimate of drug-likeness (QED) is 0.489. The molecule has 6 nitrogen and oxygen atoms in total. The second-order valence-corrected chi connectivity index (χ2v) is 3.96. The highest BCUT2D eigenvalue weighted by Crippen LogP contribution is 2.07. The Morgan fingerprint density at radius 3 is 2.59 bits per heavy atom. The van der Waals surface area contributed by atoms with E-state index in [1.165, 1.54) is 12.4 Å². The van der Waals surface area contributed by atoms with Crippen molar-refractivity contribution in [1.29, 1.82) is 0 Å². The van der Waals surface area contributed by atoms with Crippen LogP contribution in [0, 0.1) is 0 Å². The fraction of sp³-hybridized carbons (Fsp3) is 0.545. The van der Waals surface area contributed by atoms with Crippen molar-refractivity contribution in [3.05, 3.63) is 23.8 Å². The highest BCUT2D eigenvalue weighted by Gasteiger charge is 2.25. The molecule has 1 heterocycles. The molecule has 0 aliphatic heterocycles. The van der Waals surface area contributed by atoms with E-state index < -0.39 is 12.0 Å². The van der Waals surface area contributed by atoms with E-state index in [2.05, 4.69) is 15.3 Å². The second-order valence-electron chi connectivity index (χ2n) is 3.96. The largest absolute Gasteiger partial charge is 0.354 e. The van der Waals surface area contributed by atoms with Gasteiger partial charge < -0.3 is 10.2 Å². The number of hydrogen-bond donors (Lipinski definition) is 3. The van der Waals surface area contributed by atoms with Crippen LogP contribution < -0.4 is 5.32 Å². The summed E-state index contributed by atoms with van der Waals surface area (Å²) < 4.78 is 0. The van der Waals surface area contributed by atoms with Gasteiger partial charge in [0.25, 0.3) is 0 Å². The first-order chi connectivity index (χ1) is 7.85. The Labute approximate surface area is 99.7 Å². The summed E-state index contributed by atoms with van der Waals surface area (Å²) in [6.07, 6.45) is 3.56. The first-order valence-electron chi connectivity index (χ1n) is 5.41. The Morgan fingerprint density at radius 1 is 1.47 bits per heavy atom. The molecular weight excluding hydrogens is 222 g/mol. The van der Waals surface area contributed by atoms with Gasteiger partial charge in [-0.05, 0) is 13.3 Å². The van der Waals surface area contributed by atoms with Gasteiger partial charge in [0.2, 0.25) is 5.91 Å². The molecule has 0 amide bonds. The number of aliphatic hydroxyl groups is 2. The maximum absolute atomic E-state index is 12.0. The molecule has 0 saturated carbocycles. The third-order valence-corrected chi connectivity index (χ3v) is 2.23. The summed E-state index contributed by atoms with van der Waals surface area (Å²) in [6.45, 7) is 4.57. The lowest BCUT2D eigenvalue weighted by atomic mass is 10.1. The molecule has 1 rings (SSSR count). The standard InChI is InChI=1S/C11H17N3O3/c1-4-8-9(13-6-5-12-8)10(15)7(2)14-11(3,16)17/h5-7,14,16-17H,4H2,1-3H3. The van der Waals surface area contributed by atoms with Gasteiger partial charge in [-0.2, -0.15) is 0 Å². The molecule has 0 bridgehead atoms. The third kappa shape index (κ3) is 3.85. The highest BCUT2D eigenvalue weighted by atomic mass is 16.5. The Balaban J connectivity index is 2.89. The monoisotopic (exact) mass is 239 g/mol. The number of Topliss-reactive ketones (excluding diaryl/α,β-unsaturated/α-hetero) is 1. The van der Waals surface area contributed by atoms with E-state index in [1.807, 2.05) is 6.92 Å². The normalized spacial score (nSPS) is 13.5. The summed E-state index contributed by atoms with van der Waals surface area (Å²) >= 11 is 0. The second kappa shape index (κ2) is 5.31. The molecule has 1 unspecified atom stereocenters. The van der Waals surface area contributed by atoms with Crippen LogP contribution in [0.2, 0.25) is 0 Å². The molecule has 6 heteroatoms. The van der Waals surface area contributed by atoms with Crippen molar-refractivity contribution in [3.8, 4) is 0 Å². The summed E-state index contributed by atoms with van der Waals surface area (Å²) in [5.74, 6) is -2.41. The van der Waals surface area contributed by atoms with Crippen LogP contribution in [0.25, 0.3) is 0 Å². The van der Waals surface area contributed by atoms with Crippen LogP contribution in [-0.2, 0) is 6.42 Å². The molecule has 0 saturated heterocycles. The van der Waals surface area contributed by atoms with E-state index in [1.54, 1.807) is 6.92 Å². The molecule has 3 N–H and O–H groups in total. The smallest absolute Gasteiger partial charge is 0.219 e. The van der Waals surface area contributed by atoms with Crippen molar-refractivity contribution in [1.82, 2.24) is 15.3 Å². The minimum absolute atomic E-state index is 0.263. The average molecular weight is 239 g/mol. The van der Waals surface area contributed by atoms with Crippen molar-refractivity contribution >= 4 is 5.78 Å². The molecular formula is C11H17N3O3. The van der Waals surface area contributed by atoms with Gasteiger partial charge in [0.15, 0.2) is 5.78 Å². The predicted molar refractivity (Wildman–Crippen MR) is 61.2 cm³/mol. The number of carbonyl (C=O) groups is 1. The van der Waals surface area contributed by atoms with Crippen molar-refractivity contribution in [3.63, 3.8) is 0 Å². The Bertz CT molecular complexity index is 401. The fourth-order valence-corrected chi connectivity index (χ4v) is 1.51. The lowest BCUT2D eigenvalue weighted by Crippen LogP contribution is -2.50. The Kier molecular flexibility index (Phi) is 4.28. The SMILES string of the molecule is CCc1nccnc1C(=O)C(C)NC(C)(O)O. The molecule has 0 aliphatic rings. The van der Waals surface area contributed by atoms with Gasteiger partial charge in [-0.25, -0.2) is 4.98 Å². The number of nitrogens with zero attached hydrogens (tertiary/aromatic N) is 2. The summed E-state index contributed by atoms with van der Waals surface area (Å²) in [4.78, 5) is 20.1. The topological polar surface area (TPSA) is 95.3 Å². The minimum Gasteiger partial charge on any atom is -0.354 e. The Morgan fingerprint density at radius 2 is 2.06 bits per heavy atom. The van der Waals surface area contributed by atoms with Crippen LogP contribution in [0.5, 0.6) is 0 Å². The van der Waals surface area contributed by atoms with Gasteiger partial charge in [-0.15, -0.1) is 0 Å². The predicted octanol–water partition coefficient (Wildman–Crippen LogP) is -0.142. The molecule has 0 aliphatic carbocycles. The zero-order valence-corrected chi connectivity index (χ0v) is 10.1. The summed E-state index contributed by atoms with van der Waals surface area (Å²) in [7, 11) is 0. The van der Waals surface area contributed by atoms with E-state index in [9.17, 15) is 4.79 Å². The van der Waals surface area contributed by atoms with Crippen molar-refractivity contribution in [2.24, 2.45) is 0 Å². The van der Waals surface area contributed by atoms with Crippen LogP contribution >= 0.6 is 0 Å². The van der Waals surface area contributed by atoms with Crippen molar-refractivity contribution in [2.45, 2.75) is 39.1 Å². The zero-order chi connectivity index (χ0) is 13.1. The van der Waals surface area contributed by atoms with E-state index >= 15 is 0 Å².